The first-order chi connectivity index (χ1) is 60.0. The predicted octanol–water partition coefficient (Wildman–Crippen LogP) is 12.4. The second-order valence-electron chi connectivity index (χ2n) is 32.1. The van der Waals surface area contributed by atoms with Crippen LogP contribution < -0.4 is 43.0 Å². The molecule has 0 aromatic carbocycles. The van der Waals surface area contributed by atoms with Gasteiger partial charge in [-0.25, -0.2) is 29.9 Å². The Morgan fingerprint density at radius 2 is 0.364 bits per heavy atom. The summed E-state index contributed by atoms with van der Waals surface area (Å²) in [6, 6.07) is 23.3. The molecular weight excluding hydrogens is 1730 g/mol. The molecule has 0 aliphatic carbocycles. The van der Waals surface area contributed by atoms with Gasteiger partial charge in [0.15, 0.2) is 0 Å². The maximum atomic E-state index is 11.4. The van der Waals surface area contributed by atoms with Gasteiger partial charge in [-0.05, 0) is 333 Å². The van der Waals surface area contributed by atoms with E-state index in [2.05, 4.69) is 69.4 Å². The number of allylic oxidation sites excluding steroid dienone is 12. The smallest absolute Gasteiger partial charge is 1.00 e. The van der Waals surface area contributed by atoms with E-state index < -0.39 is 35.8 Å². The molecule has 0 radical (unpaired) electrons. The molecule has 0 unspecified atom stereocenters. The molecule has 0 atom stereocenters. The Kier molecular flexibility index (Phi) is 30.7. The summed E-state index contributed by atoms with van der Waals surface area (Å²) in [6.45, 7) is 47.9. The molecular formula is C102H96ClMn2N12O12-. The quantitative estimate of drug-likeness (QED) is 0.0306. The van der Waals surface area contributed by atoms with Gasteiger partial charge >= 0.3 is 34.1 Å². The van der Waals surface area contributed by atoms with Crippen molar-refractivity contribution in [2.45, 2.75) is 160 Å². The molecule has 15 rings (SSSR count). The molecule has 6 aliphatic rings. The summed E-state index contributed by atoms with van der Waals surface area (Å²) in [4.78, 5) is 119. The Morgan fingerprint density at radius 1 is 0.233 bits per heavy atom. The van der Waals surface area contributed by atoms with Gasteiger partial charge in [-0.2, -0.15) is 0 Å². The van der Waals surface area contributed by atoms with E-state index in [4.69, 9.17) is 29.9 Å². The number of H-pyrrole nitrogens is 6. The molecule has 0 amide bonds. The zero-order chi connectivity index (χ0) is 90.9. The van der Waals surface area contributed by atoms with E-state index in [1.54, 1.807) is 18.2 Å². The summed E-state index contributed by atoms with van der Waals surface area (Å²) >= 11 is 0. The van der Waals surface area contributed by atoms with Gasteiger partial charge in [0.05, 0.1) is 68.3 Å². The topological polar surface area (TPSA) is 413 Å². The van der Waals surface area contributed by atoms with Gasteiger partial charge in [-0.3, -0.25) is 0 Å². The van der Waals surface area contributed by atoms with Gasteiger partial charge < -0.3 is 102 Å². The number of hydrogen-bond donors (Lipinski definition) is 6. The number of aromatic nitrogens is 12. The fourth-order valence-electron chi connectivity index (χ4n) is 17.3. The average Bonchev–Trinajstić information content (AvgIpc) is 1.62. The predicted molar refractivity (Wildman–Crippen MR) is 492 cm³/mol. The van der Waals surface area contributed by atoms with Crippen LogP contribution in [0.2, 0.25) is 0 Å². The Morgan fingerprint density at radius 3 is 0.504 bits per heavy atom. The summed E-state index contributed by atoms with van der Waals surface area (Å²) in [5.41, 5.74) is 39.8. The van der Waals surface area contributed by atoms with Crippen LogP contribution in [0, 0.1) is 41.5 Å². The van der Waals surface area contributed by atoms with Crippen LogP contribution in [-0.4, -0.2) is 95.6 Å². The van der Waals surface area contributed by atoms with E-state index in [9.17, 15) is 59.4 Å². The van der Waals surface area contributed by atoms with Crippen LogP contribution in [0.1, 0.15) is 254 Å². The number of carbonyl (C=O) groups is 6. The van der Waals surface area contributed by atoms with Crippen LogP contribution in [0.25, 0.3) is 170 Å². The number of fused-ring (bicyclic) bond motifs is 24. The Bertz CT molecular complexity index is 6440. The Hall–Kier alpha value is -13.6. The molecule has 9 aromatic heterocycles. The van der Waals surface area contributed by atoms with Gasteiger partial charge in [-0.1, -0.05) is 75.9 Å². The molecule has 24 bridgehead atoms. The van der Waals surface area contributed by atoms with Gasteiger partial charge in [0.2, 0.25) is 0 Å². The zero-order valence-electron chi connectivity index (χ0n) is 73.8. The average molecular weight is 1830 g/mol. The third-order valence-electron chi connectivity index (χ3n) is 24.6. The standard InChI is InChI=1S/3C34H34N4O4.ClH.2Mn/c3*1-7-21-17(3)25-13-26-19(5)23(9-11-33(39)40)31(37-26)16-32-24(10-12-34(41)42)20(6)28(38-32)15-30-22(8-2)18(4)27(36-30)14-29(21)35-25;;;/h3*7-8,13-16,35-36H,1-2,9-12H2,3-6H3,(H,39,40)(H,41,42);1H;;/q;;;;2*+3/p-7. The van der Waals surface area contributed by atoms with Crippen molar-refractivity contribution in [3.63, 3.8) is 0 Å². The van der Waals surface area contributed by atoms with Crippen molar-refractivity contribution in [2.75, 3.05) is 0 Å². The summed E-state index contributed by atoms with van der Waals surface area (Å²) < 4.78 is 0. The van der Waals surface area contributed by atoms with Crippen LogP contribution in [0.3, 0.4) is 0 Å². The van der Waals surface area contributed by atoms with Gasteiger partial charge in [0.25, 0.3) is 0 Å². The second-order valence-corrected chi connectivity index (χ2v) is 32.1. The van der Waals surface area contributed by atoms with Crippen LogP contribution in [-0.2, 0) is 62.9 Å². The normalized spacial score (nSPS) is 12.7. The largest absolute Gasteiger partial charge is 3.00 e. The minimum atomic E-state index is -1.15. The third-order valence-corrected chi connectivity index (χ3v) is 24.6. The number of carboxylic acids is 6. The Balaban J connectivity index is 0.000000199. The van der Waals surface area contributed by atoms with E-state index in [1.807, 2.05) is 174 Å². The first-order valence-electron chi connectivity index (χ1n) is 41.5. The van der Waals surface area contributed by atoms with E-state index >= 15 is 0 Å². The maximum absolute atomic E-state index is 11.4. The molecule has 129 heavy (non-hydrogen) atoms. The molecule has 27 heteroatoms. The van der Waals surface area contributed by atoms with Crippen molar-refractivity contribution < 1.29 is 106 Å². The van der Waals surface area contributed by atoms with Crippen molar-refractivity contribution >= 4 is 205 Å². The first-order valence-corrected chi connectivity index (χ1v) is 41.5. The fourth-order valence-corrected chi connectivity index (χ4v) is 17.3. The molecule has 0 saturated heterocycles. The molecule has 15 heterocycles. The zero-order valence-corrected chi connectivity index (χ0v) is 77.0. The molecule has 6 aliphatic heterocycles. The molecule has 0 saturated carbocycles. The van der Waals surface area contributed by atoms with Crippen molar-refractivity contribution in [3.8, 4) is 0 Å². The van der Waals surface area contributed by atoms with E-state index in [-0.39, 0.29) is 124 Å². The molecule has 9 aromatic rings. The number of nitrogens with zero attached hydrogens (tertiary/aromatic N) is 6. The molecule has 24 nitrogen and oxygen atoms in total. The summed E-state index contributed by atoms with van der Waals surface area (Å²) in [5, 5.41) is 68.4. The molecule has 0 fully saturated rings. The molecule has 6 N–H and O–H groups in total. The number of rotatable bonds is 24. The van der Waals surface area contributed by atoms with Crippen molar-refractivity contribution in [3.05, 3.63) is 247 Å². The van der Waals surface area contributed by atoms with E-state index in [0.717, 1.165) is 200 Å². The summed E-state index contributed by atoms with van der Waals surface area (Å²) in [6.07, 6.45) is 11.4. The monoisotopic (exact) mass is 1830 g/mol. The number of aromatic amines is 6. The number of halogens is 1. The van der Waals surface area contributed by atoms with Crippen LogP contribution in [0.5, 0.6) is 0 Å². The van der Waals surface area contributed by atoms with Gasteiger partial charge in [-0.15, -0.1) is 0 Å². The Labute approximate surface area is 773 Å². The number of nitrogens with one attached hydrogen (secondary N) is 6. The first kappa shape index (κ1) is 97.6. The van der Waals surface area contributed by atoms with Crippen molar-refractivity contribution in [1.82, 2.24) is 59.8 Å². The van der Waals surface area contributed by atoms with E-state index in [0.29, 0.717) is 68.3 Å². The third kappa shape index (κ3) is 20.1. The van der Waals surface area contributed by atoms with Gasteiger partial charge in [0.1, 0.15) is 0 Å². The number of aryl methyl sites for hydroxylation is 6. The van der Waals surface area contributed by atoms with Crippen LogP contribution >= 0.6 is 0 Å². The number of hydrogen-bond acceptors (Lipinski definition) is 18. The van der Waals surface area contributed by atoms with E-state index in [1.165, 1.54) is 0 Å². The van der Waals surface area contributed by atoms with Crippen LogP contribution in [0.15, 0.2) is 112 Å². The second kappa shape index (κ2) is 40.6. The SMILES string of the molecule is C=Cc1c(C)c2cc3[nH]c(cc4nc(cc5nc(cc1[nH]2)C(C)=C5CCC(=O)[O-])C(CCC(=O)[O-])=C4C)c(C)c3C=C.C=Cc1c(C)c2cc3[nH]c(cc4nc(cc5nc(cc1[nH]2)C(C)=C5CCC(=O)[O-])C(CCC(=O)[O-])=C4C)c(C)c3C=C.C=Cc1c(C)c2cc3[nH]c(cc4nc(cc5nc(cc1[nH]2)C(C)=C5CCC(=O)[O-])C(CCC(=O)[O-])=C4C)c(C)c3C=C.[Cl-].[Mn+3].[Mn+3]. The maximum Gasteiger partial charge on any atom is 3.00 e. The van der Waals surface area contributed by atoms with Gasteiger partial charge in [0, 0.05) is 135 Å². The van der Waals surface area contributed by atoms with Crippen molar-refractivity contribution in [1.29, 1.82) is 0 Å². The minimum absolute atomic E-state index is 0. The molecule has 0 spiro atoms. The number of carbonyl (C=O) groups excluding carboxylic acids is 6. The van der Waals surface area contributed by atoms with Crippen molar-refractivity contribution in [2.24, 2.45) is 0 Å². The molecule has 658 valence electrons. The number of aliphatic carboxylic acids is 6. The number of carboxylic acid groups (broad SMARTS) is 6. The summed E-state index contributed by atoms with van der Waals surface area (Å²) in [5.74, 6) is -6.87. The summed E-state index contributed by atoms with van der Waals surface area (Å²) in [7, 11) is 0. The van der Waals surface area contributed by atoms with Crippen LogP contribution in [0.4, 0.5) is 0 Å². The minimum Gasteiger partial charge on any atom is -1.00 e. The fraction of sp³-hybridized carbons (Fsp3) is 0.235.